The van der Waals surface area contributed by atoms with Gasteiger partial charge in [0.1, 0.15) is 0 Å². The summed E-state index contributed by atoms with van der Waals surface area (Å²) in [5, 5.41) is 10.2. The maximum Gasteiger partial charge on any atom is 0.00790 e. The number of hydrogen-bond donors (Lipinski definition) is 3. The molecule has 0 aliphatic rings. The molecule has 86 valence electrons. The van der Waals surface area contributed by atoms with Crippen molar-refractivity contribution in [2.45, 2.75) is 46.2 Å². The lowest BCUT2D eigenvalue weighted by atomic mass is 10.3. The monoisotopic (exact) mass is 201 g/mol. The van der Waals surface area contributed by atoms with E-state index in [-0.39, 0.29) is 0 Å². The largest absolute Gasteiger partial charge is 0.315 e. The Morgan fingerprint density at radius 3 is 1.86 bits per heavy atom. The highest BCUT2D eigenvalue weighted by atomic mass is 15.0. The smallest absolute Gasteiger partial charge is 0.00790 e. The maximum atomic E-state index is 3.41. The fourth-order valence-electron chi connectivity index (χ4n) is 1.18. The second kappa shape index (κ2) is 9.44. The van der Waals surface area contributed by atoms with Crippen LogP contribution in [0.3, 0.4) is 0 Å². The van der Waals surface area contributed by atoms with Crippen molar-refractivity contribution in [2.24, 2.45) is 0 Å². The summed E-state index contributed by atoms with van der Waals surface area (Å²) in [5.41, 5.74) is 0. The molecule has 3 heteroatoms. The molecule has 0 aromatic rings. The molecule has 3 N–H and O–H groups in total. The highest BCUT2D eigenvalue weighted by Gasteiger charge is 1.93. The van der Waals surface area contributed by atoms with Crippen LogP contribution in [0.15, 0.2) is 0 Å². The van der Waals surface area contributed by atoms with Gasteiger partial charge in [-0.1, -0.05) is 27.7 Å². The molecule has 0 aliphatic heterocycles. The van der Waals surface area contributed by atoms with Crippen molar-refractivity contribution in [3.05, 3.63) is 0 Å². The summed E-state index contributed by atoms with van der Waals surface area (Å²) in [6.07, 6.45) is 1.21. The van der Waals surface area contributed by atoms with Gasteiger partial charge in [-0.3, -0.25) is 0 Å². The Labute approximate surface area is 89.0 Å². The summed E-state index contributed by atoms with van der Waals surface area (Å²) in [6, 6.07) is 1.21. The molecule has 14 heavy (non-hydrogen) atoms. The van der Waals surface area contributed by atoms with Crippen molar-refractivity contribution in [2.75, 3.05) is 26.2 Å². The van der Waals surface area contributed by atoms with Gasteiger partial charge >= 0.3 is 0 Å². The molecule has 3 nitrogen and oxygen atoms in total. The highest BCUT2D eigenvalue weighted by molar-refractivity contribution is 4.57. The van der Waals surface area contributed by atoms with E-state index in [1.807, 2.05) is 0 Å². The third kappa shape index (κ3) is 11.9. The zero-order valence-electron chi connectivity index (χ0n) is 10.2. The predicted molar refractivity (Wildman–Crippen MR) is 63.8 cm³/mol. The van der Waals surface area contributed by atoms with Crippen LogP contribution in [0.5, 0.6) is 0 Å². The number of hydrogen-bond acceptors (Lipinski definition) is 3. The molecule has 0 saturated carbocycles. The minimum atomic E-state index is 0.597. The first-order chi connectivity index (χ1) is 6.63. The SMILES string of the molecule is CC(C)NCCCNCCNC(C)C. The molecule has 0 atom stereocenters. The first kappa shape index (κ1) is 13.9. The van der Waals surface area contributed by atoms with Crippen molar-refractivity contribution in [3.8, 4) is 0 Å². The Morgan fingerprint density at radius 1 is 0.714 bits per heavy atom. The van der Waals surface area contributed by atoms with Crippen LogP contribution in [0, 0.1) is 0 Å². The second-order valence-electron chi connectivity index (χ2n) is 4.32. The Bertz CT molecular complexity index is 99.1. The van der Waals surface area contributed by atoms with E-state index in [1.165, 1.54) is 6.42 Å². The van der Waals surface area contributed by atoms with Gasteiger partial charge in [-0.25, -0.2) is 0 Å². The summed E-state index contributed by atoms with van der Waals surface area (Å²) in [5.74, 6) is 0. The number of rotatable bonds is 9. The lowest BCUT2D eigenvalue weighted by molar-refractivity contribution is 0.526. The average Bonchev–Trinajstić information content (AvgIpc) is 2.08. The third-order valence-electron chi connectivity index (χ3n) is 1.94. The van der Waals surface area contributed by atoms with Crippen molar-refractivity contribution in [1.82, 2.24) is 16.0 Å². The molecule has 0 aromatic carbocycles. The Hall–Kier alpha value is -0.120. The van der Waals surface area contributed by atoms with Crippen LogP contribution < -0.4 is 16.0 Å². The van der Waals surface area contributed by atoms with Gasteiger partial charge in [0.25, 0.3) is 0 Å². The molecule has 0 bridgehead atoms. The van der Waals surface area contributed by atoms with E-state index in [0.717, 1.165) is 26.2 Å². The van der Waals surface area contributed by atoms with Gasteiger partial charge in [0, 0.05) is 25.2 Å². The second-order valence-corrected chi connectivity index (χ2v) is 4.32. The molecule has 0 aliphatic carbocycles. The van der Waals surface area contributed by atoms with Crippen LogP contribution in [-0.2, 0) is 0 Å². The van der Waals surface area contributed by atoms with E-state index in [4.69, 9.17) is 0 Å². The Balaban J connectivity index is 2.92. The molecule has 0 spiro atoms. The summed E-state index contributed by atoms with van der Waals surface area (Å²) in [4.78, 5) is 0. The van der Waals surface area contributed by atoms with Gasteiger partial charge in [-0.15, -0.1) is 0 Å². The minimum absolute atomic E-state index is 0.597. The molecule has 0 aromatic heterocycles. The van der Waals surface area contributed by atoms with Crippen molar-refractivity contribution in [3.63, 3.8) is 0 Å². The Morgan fingerprint density at radius 2 is 1.29 bits per heavy atom. The topological polar surface area (TPSA) is 36.1 Å². The fraction of sp³-hybridized carbons (Fsp3) is 1.00. The zero-order valence-corrected chi connectivity index (χ0v) is 10.2. The summed E-state index contributed by atoms with van der Waals surface area (Å²) >= 11 is 0. The first-order valence-electron chi connectivity index (χ1n) is 5.80. The van der Waals surface area contributed by atoms with E-state index in [9.17, 15) is 0 Å². The molecule has 0 saturated heterocycles. The maximum absolute atomic E-state index is 3.41. The van der Waals surface area contributed by atoms with Gasteiger partial charge in [0.05, 0.1) is 0 Å². The minimum Gasteiger partial charge on any atom is -0.315 e. The molecule has 0 fully saturated rings. The third-order valence-corrected chi connectivity index (χ3v) is 1.94. The lowest BCUT2D eigenvalue weighted by Crippen LogP contribution is -2.33. The zero-order chi connectivity index (χ0) is 10.8. The summed E-state index contributed by atoms with van der Waals surface area (Å²) < 4.78 is 0. The molecule has 0 unspecified atom stereocenters. The van der Waals surface area contributed by atoms with E-state index >= 15 is 0 Å². The van der Waals surface area contributed by atoms with Crippen molar-refractivity contribution < 1.29 is 0 Å². The Kier molecular flexibility index (Phi) is 9.35. The quantitative estimate of drug-likeness (QED) is 0.486. The molecular weight excluding hydrogens is 174 g/mol. The van der Waals surface area contributed by atoms with E-state index < -0.39 is 0 Å². The number of nitrogens with one attached hydrogen (secondary N) is 3. The van der Waals surface area contributed by atoms with E-state index in [2.05, 4.69) is 43.6 Å². The molecule has 0 rings (SSSR count). The van der Waals surface area contributed by atoms with E-state index in [1.54, 1.807) is 0 Å². The van der Waals surface area contributed by atoms with Crippen LogP contribution >= 0.6 is 0 Å². The lowest BCUT2D eigenvalue weighted by Gasteiger charge is -2.10. The molecular formula is C11H27N3. The van der Waals surface area contributed by atoms with Crippen LogP contribution in [0.4, 0.5) is 0 Å². The first-order valence-corrected chi connectivity index (χ1v) is 5.80. The molecule has 0 heterocycles. The van der Waals surface area contributed by atoms with Gasteiger partial charge in [-0.2, -0.15) is 0 Å². The standard InChI is InChI=1S/C11H27N3/c1-10(2)13-7-5-6-12-8-9-14-11(3)4/h10-14H,5-9H2,1-4H3. The molecule has 0 radical (unpaired) electrons. The van der Waals surface area contributed by atoms with E-state index in [0.29, 0.717) is 12.1 Å². The van der Waals surface area contributed by atoms with Gasteiger partial charge < -0.3 is 16.0 Å². The average molecular weight is 201 g/mol. The van der Waals surface area contributed by atoms with Crippen molar-refractivity contribution >= 4 is 0 Å². The normalized spacial score (nSPS) is 11.6. The fourth-order valence-corrected chi connectivity index (χ4v) is 1.18. The summed E-state index contributed by atoms with van der Waals surface area (Å²) in [6.45, 7) is 13.1. The van der Waals surface area contributed by atoms with Crippen molar-refractivity contribution in [1.29, 1.82) is 0 Å². The van der Waals surface area contributed by atoms with Crippen LogP contribution in [0.1, 0.15) is 34.1 Å². The molecule has 0 amide bonds. The van der Waals surface area contributed by atoms with Gasteiger partial charge in [0.2, 0.25) is 0 Å². The summed E-state index contributed by atoms with van der Waals surface area (Å²) in [7, 11) is 0. The van der Waals surface area contributed by atoms with Crippen LogP contribution in [0.25, 0.3) is 0 Å². The van der Waals surface area contributed by atoms with Gasteiger partial charge in [0.15, 0.2) is 0 Å². The van der Waals surface area contributed by atoms with Crippen LogP contribution in [-0.4, -0.2) is 38.3 Å². The van der Waals surface area contributed by atoms with Crippen LogP contribution in [0.2, 0.25) is 0 Å². The van der Waals surface area contributed by atoms with Gasteiger partial charge in [-0.05, 0) is 19.5 Å². The highest BCUT2D eigenvalue weighted by Crippen LogP contribution is 1.79. The predicted octanol–water partition coefficient (Wildman–Crippen LogP) is 0.962.